The highest BCUT2D eigenvalue weighted by molar-refractivity contribution is 6.32. The Morgan fingerprint density at radius 1 is 0.895 bits per heavy atom. The average molecular weight is 547 g/mol. The second kappa shape index (κ2) is 10.4. The maximum Gasteiger partial charge on any atom is 0.453 e. The number of alkyl halides is 3. The third-order valence-electron chi connectivity index (χ3n) is 5.49. The van der Waals surface area contributed by atoms with Crippen LogP contribution in [0, 0.1) is 27.7 Å². The molecule has 4 rings (SSSR count). The molecular formula is C28H22ClF3O6. The average Bonchev–Trinajstić information content (AvgIpc) is 2.81. The number of carbonyl (C=O) groups excluding carboxylic acids is 1. The number of ether oxygens (including phenoxy) is 3. The summed E-state index contributed by atoms with van der Waals surface area (Å²) in [4.78, 5) is 25.3. The molecule has 0 N–H and O–H groups in total. The molecule has 0 bridgehead atoms. The van der Waals surface area contributed by atoms with Crippen LogP contribution < -0.4 is 19.6 Å². The SMILES string of the molecule is Cc1cc(C)cc(OCC(=O)Oc2ccc3c(=O)c(Oc4cc(C)c(Cl)c(C)c4)c(C(F)(F)F)oc3c2)c1. The van der Waals surface area contributed by atoms with Gasteiger partial charge in [0.15, 0.2) is 6.61 Å². The molecule has 10 heteroatoms. The fraction of sp³-hybridized carbons (Fsp3) is 0.214. The molecule has 3 aromatic carbocycles. The molecule has 38 heavy (non-hydrogen) atoms. The summed E-state index contributed by atoms with van der Waals surface area (Å²) in [7, 11) is 0. The molecule has 0 amide bonds. The first-order valence-electron chi connectivity index (χ1n) is 11.4. The fourth-order valence-electron chi connectivity index (χ4n) is 3.90. The first kappa shape index (κ1) is 27.1. The van der Waals surface area contributed by atoms with Gasteiger partial charge in [-0.25, -0.2) is 4.79 Å². The van der Waals surface area contributed by atoms with Crippen molar-refractivity contribution < 1.29 is 36.6 Å². The van der Waals surface area contributed by atoms with Gasteiger partial charge in [0, 0.05) is 11.1 Å². The first-order chi connectivity index (χ1) is 17.8. The van der Waals surface area contributed by atoms with Crippen LogP contribution >= 0.6 is 11.6 Å². The number of carbonyl (C=O) groups is 1. The zero-order valence-electron chi connectivity index (χ0n) is 20.8. The molecule has 0 aliphatic rings. The lowest BCUT2D eigenvalue weighted by Crippen LogP contribution is -2.18. The number of esters is 1. The van der Waals surface area contributed by atoms with Gasteiger partial charge < -0.3 is 18.6 Å². The summed E-state index contributed by atoms with van der Waals surface area (Å²) in [5.74, 6) is -3.09. The Labute approximate surface area is 220 Å². The van der Waals surface area contributed by atoms with E-state index in [0.717, 1.165) is 17.2 Å². The lowest BCUT2D eigenvalue weighted by atomic mass is 10.1. The molecule has 0 spiro atoms. The summed E-state index contributed by atoms with van der Waals surface area (Å²) in [6, 6.07) is 11.8. The smallest absolute Gasteiger partial charge is 0.453 e. The minimum atomic E-state index is -5.05. The van der Waals surface area contributed by atoms with E-state index in [9.17, 15) is 22.8 Å². The van der Waals surface area contributed by atoms with Crippen molar-refractivity contribution in [3.05, 3.63) is 91.8 Å². The highest BCUT2D eigenvalue weighted by atomic mass is 35.5. The second-order valence-corrected chi connectivity index (χ2v) is 9.18. The van der Waals surface area contributed by atoms with E-state index in [1.54, 1.807) is 26.0 Å². The van der Waals surface area contributed by atoms with E-state index < -0.39 is 41.3 Å². The number of halogens is 4. The molecule has 0 atom stereocenters. The van der Waals surface area contributed by atoms with E-state index in [0.29, 0.717) is 21.9 Å². The molecule has 1 heterocycles. The van der Waals surface area contributed by atoms with E-state index in [-0.39, 0.29) is 16.9 Å². The minimum absolute atomic E-state index is 0.00379. The molecule has 0 aliphatic heterocycles. The summed E-state index contributed by atoms with van der Waals surface area (Å²) >= 11 is 6.12. The predicted molar refractivity (Wildman–Crippen MR) is 136 cm³/mol. The largest absolute Gasteiger partial charge is 0.482 e. The Hall–Kier alpha value is -3.98. The maximum atomic E-state index is 13.9. The highest BCUT2D eigenvalue weighted by Crippen LogP contribution is 2.39. The molecule has 6 nitrogen and oxygen atoms in total. The summed E-state index contributed by atoms with van der Waals surface area (Å²) in [5, 5.41) is 0.238. The van der Waals surface area contributed by atoms with E-state index in [1.807, 2.05) is 19.9 Å². The van der Waals surface area contributed by atoms with Crippen LogP contribution in [0.25, 0.3) is 11.0 Å². The highest BCUT2D eigenvalue weighted by Gasteiger charge is 2.40. The van der Waals surface area contributed by atoms with Crippen LogP contribution in [0.1, 0.15) is 28.0 Å². The Morgan fingerprint density at radius 3 is 2.13 bits per heavy atom. The number of benzene rings is 3. The van der Waals surface area contributed by atoms with Gasteiger partial charge in [-0.05, 0) is 86.3 Å². The molecule has 0 fully saturated rings. The molecule has 0 radical (unpaired) electrons. The lowest BCUT2D eigenvalue weighted by molar-refractivity contribution is -0.154. The summed E-state index contributed by atoms with van der Waals surface area (Å²) in [6.45, 7) is 6.64. The van der Waals surface area contributed by atoms with Crippen LogP contribution in [0.5, 0.6) is 23.0 Å². The molecule has 0 saturated carbocycles. The number of hydrogen-bond acceptors (Lipinski definition) is 6. The molecule has 198 valence electrons. The van der Waals surface area contributed by atoms with Crippen LogP contribution in [-0.4, -0.2) is 12.6 Å². The molecule has 1 aromatic heterocycles. The van der Waals surface area contributed by atoms with Gasteiger partial charge in [0.25, 0.3) is 5.76 Å². The maximum absolute atomic E-state index is 13.9. The Kier molecular flexibility index (Phi) is 7.42. The first-order valence-corrected chi connectivity index (χ1v) is 11.7. The Morgan fingerprint density at radius 2 is 1.53 bits per heavy atom. The second-order valence-electron chi connectivity index (χ2n) is 8.80. The van der Waals surface area contributed by atoms with Crippen molar-refractivity contribution in [1.82, 2.24) is 0 Å². The van der Waals surface area contributed by atoms with Gasteiger partial charge in [-0.2, -0.15) is 13.2 Å². The summed E-state index contributed by atoms with van der Waals surface area (Å²) in [5.41, 5.74) is 1.55. The molecule has 4 aromatic rings. The zero-order valence-corrected chi connectivity index (χ0v) is 21.5. The Bertz CT molecular complexity index is 1560. The third-order valence-corrected chi connectivity index (χ3v) is 6.09. The molecule has 0 aliphatic carbocycles. The van der Waals surface area contributed by atoms with Crippen molar-refractivity contribution in [3.8, 4) is 23.0 Å². The number of aryl methyl sites for hydroxylation is 4. The normalized spacial score (nSPS) is 11.5. The van der Waals surface area contributed by atoms with E-state index >= 15 is 0 Å². The van der Waals surface area contributed by atoms with Gasteiger partial charge >= 0.3 is 12.1 Å². The van der Waals surface area contributed by atoms with Crippen molar-refractivity contribution in [2.75, 3.05) is 6.61 Å². The van der Waals surface area contributed by atoms with Crippen LogP contribution in [0.15, 0.2) is 57.7 Å². The summed E-state index contributed by atoms with van der Waals surface area (Å²) in [6.07, 6.45) is -5.05. The van der Waals surface area contributed by atoms with Gasteiger partial charge in [-0.15, -0.1) is 0 Å². The minimum Gasteiger partial charge on any atom is -0.482 e. The quantitative estimate of drug-likeness (QED) is 0.184. The Balaban J connectivity index is 1.63. The predicted octanol–water partition coefficient (Wildman–Crippen LogP) is 7.48. The lowest BCUT2D eigenvalue weighted by Gasteiger charge is -2.15. The van der Waals surface area contributed by atoms with Crippen molar-refractivity contribution in [2.24, 2.45) is 0 Å². The number of fused-ring (bicyclic) bond motifs is 1. The van der Waals surface area contributed by atoms with Crippen molar-refractivity contribution >= 4 is 28.5 Å². The van der Waals surface area contributed by atoms with Gasteiger partial charge in [0.05, 0.1) is 5.39 Å². The van der Waals surface area contributed by atoms with Crippen molar-refractivity contribution in [3.63, 3.8) is 0 Å². The summed E-state index contributed by atoms with van der Waals surface area (Å²) < 4.78 is 62.7. The monoisotopic (exact) mass is 546 g/mol. The fourth-order valence-corrected chi connectivity index (χ4v) is 4.01. The molecule has 0 saturated heterocycles. The number of rotatable bonds is 6. The zero-order chi connectivity index (χ0) is 27.8. The number of hydrogen-bond donors (Lipinski definition) is 0. The standard InChI is InChI=1S/C28H22ClF3O6/c1-14-7-15(2)9-19(8-14)35-13-23(33)36-18-5-6-21-22(12-18)38-27(28(30,31)32)26(25(21)34)37-20-10-16(3)24(29)17(4)11-20/h5-12H,13H2,1-4H3. The molecule has 0 unspecified atom stereocenters. The van der Waals surface area contributed by atoms with Crippen LogP contribution in [-0.2, 0) is 11.0 Å². The van der Waals surface area contributed by atoms with Crippen LogP contribution in [0.3, 0.4) is 0 Å². The van der Waals surface area contributed by atoms with Crippen molar-refractivity contribution in [2.45, 2.75) is 33.9 Å². The topological polar surface area (TPSA) is 75.0 Å². The van der Waals surface area contributed by atoms with Gasteiger partial charge in [0.2, 0.25) is 11.2 Å². The van der Waals surface area contributed by atoms with Gasteiger partial charge in [-0.3, -0.25) is 4.79 Å². The van der Waals surface area contributed by atoms with E-state index in [2.05, 4.69) is 0 Å². The van der Waals surface area contributed by atoms with E-state index in [1.165, 1.54) is 24.3 Å². The van der Waals surface area contributed by atoms with Crippen LogP contribution in [0.4, 0.5) is 13.2 Å². The van der Waals surface area contributed by atoms with Gasteiger partial charge in [-0.1, -0.05) is 17.7 Å². The van der Waals surface area contributed by atoms with Crippen molar-refractivity contribution in [1.29, 1.82) is 0 Å². The molecular weight excluding hydrogens is 525 g/mol. The van der Waals surface area contributed by atoms with Gasteiger partial charge in [0.1, 0.15) is 22.8 Å². The van der Waals surface area contributed by atoms with Crippen LogP contribution in [0.2, 0.25) is 5.02 Å². The van der Waals surface area contributed by atoms with E-state index in [4.69, 9.17) is 30.2 Å². The third kappa shape index (κ3) is 5.94.